The third kappa shape index (κ3) is 3.03. The lowest BCUT2D eigenvalue weighted by molar-refractivity contribution is 0.446. The van der Waals surface area contributed by atoms with E-state index >= 15 is 0 Å². The summed E-state index contributed by atoms with van der Waals surface area (Å²) >= 11 is 5.29. The summed E-state index contributed by atoms with van der Waals surface area (Å²) in [5.41, 5.74) is 3.75. The molecule has 2 unspecified atom stereocenters. The molecule has 1 heterocycles. The average molecular weight is 366 g/mol. The van der Waals surface area contributed by atoms with E-state index in [1.54, 1.807) is 11.3 Å². The van der Waals surface area contributed by atoms with Crippen molar-refractivity contribution in [3.63, 3.8) is 0 Å². The molecule has 1 aromatic carbocycles. The Bertz CT molecular complexity index is 652. The zero-order chi connectivity index (χ0) is 15.0. The number of halogens is 1. The minimum atomic E-state index is 0.276. The number of nitrogens with one attached hydrogen (secondary N) is 1. The number of rotatable bonds is 4. The van der Waals surface area contributed by atoms with Crippen LogP contribution in [0.15, 0.2) is 28.1 Å². The molecule has 0 bridgehead atoms. The molecule has 2 atom stereocenters. The Morgan fingerprint density at radius 1 is 1.29 bits per heavy atom. The SMILES string of the molecule is Cc1ccc(O)c2c1C(C)CC2NCCc1ccc(Br)s1. The van der Waals surface area contributed by atoms with Crippen molar-refractivity contribution in [3.8, 4) is 5.75 Å². The fraction of sp³-hybridized carbons (Fsp3) is 0.412. The van der Waals surface area contributed by atoms with Gasteiger partial charge in [-0.15, -0.1) is 11.3 Å². The van der Waals surface area contributed by atoms with Crippen molar-refractivity contribution in [1.82, 2.24) is 5.32 Å². The van der Waals surface area contributed by atoms with E-state index in [0.29, 0.717) is 11.7 Å². The Morgan fingerprint density at radius 3 is 2.81 bits per heavy atom. The zero-order valence-electron chi connectivity index (χ0n) is 12.3. The van der Waals surface area contributed by atoms with Crippen molar-refractivity contribution in [1.29, 1.82) is 0 Å². The highest BCUT2D eigenvalue weighted by molar-refractivity contribution is 9.11. The van der Waals surface area contributed by atoms with Gasteiger partial charge in [0.2, 0.25) is 0 Å². The molecule has 0 fully saturated rings. The lowest BCUT2D eigenvalue weighted by Crippen LogP contribution is -2.21. The van der Waals surface area contributed by atoms with Crippen LogP contribution in [0.1, 0.15) is 46.9 Å². The molecular weight excluding hydrogens is 346 g/mol. The first-order valence-electron chi connectivity index (χ1n) is 7.36. The summed E-state index contributed by atoms with van der Waals surface area (Å²) in [4.78, 5) is 1.38. The number of benzene rings is 1. The summed E-state index contributed by atoms with van der Waals surface area (Å²) in [7, 11) is 0. The molecule has 0 aliphatic heterocycles. The van der Waals surface area contributed by atoms with Crippen LogP contribution in [0, 0.1) is 6.92 Å². The van der Waals surface area contributed by atoms with Crippen molar-refractivity contribution in [2.24, 2.45) is 0 Å². The molecule has 2 nitrogen and oxygen atoms in total. The maximum atomic E-state index is 10.2. The normalized spacial score (nSPS) is 20.7. The topological polar surface area (TPSA) is 32.3 Å². The lowest BCUT2D eigenvalue weighted by atomic mass is 9.97. The minimum absolute atomic E-state index is 0.276. The van der Waals surface area contributed by atoms with E-state index in [9.17, 15) is 5.11 Å². The summed E-state index contributed by atoms with van der Waals surface area (Å²) < 4.78 is 1.19. The first kappa shape index (κ1) is 15.1. The molecular formula is C17H20BrNOS. The van der Waals surface area contributed by atoms with Crippen LogP contribution in [0.4, 0.5) is 0 Å². The van der Waals surface area contributed by atoms with Crippen LogP contribution in [-0.4, -0.2) is 11.7 Å². The fourth-order valence-electron chi connectivity index (χ4n) is 3.38. The first-order chi connectivity index (χ1) is 10.1. The number of thiophene rings is 1. The van der Waals surface area contributed by atoms with Gasteiger partial charge < -0.3 is 10.4 Å². The van der Waals surface area contributed by atoms with Gasteiger partial charge in [0.05, 0.1) is 3.79 Å². The Morgan fingerprint density at radius 2 is 2.10 bits per heavy atom. The number of hydrogen-bond donors (Lipinski definition) is 2. The van der Waals surface area contributed by atoms with Gasteiger partial charge in [0, 0.05) is 23.0 Å². The van der Waals surface area contributed by atoms with Gasteiger partial charge in [0.15, 0.2) is 0 Å². The van der Waals surface area contributed by atoms with Gasteiger partial charge in [-0.25, -0.2) is 0 Å². The van der Waals surface area contributed by atoms with E-state index in [4.69, 9.17) is 0 Å². The highest BCUT2D eigenvalue weighted by Crippen LogP contribution is 2.45. The molecule has 21 heavy (non-hydrogen) atoms. The molecule has 0 saturated heterocycles. The van der Waals surface area contributed by atoms with Crippen molar-refractivity contribution in [2.75, 3.05) is 6.54 Å². The highest BCUT2D eigenvalue weighted by atomic mass is 79.9. The summed E-state index contributed by atoms with van der Waals surface area (Å²) in [6.45, 7) is 5.33. The number of aromatic hydroxyl groups is 1. The largest absolute Gasteiger partial charge is 0.508 e. The molecule has 1 aliphatic rings. The monoisotopic (exact) mass is 365 g/mol. The number of phenolic OH excluding ortho intramolecular Hbond substituents is 1. The highest BCUT2D eigenvalue weighted by Gasteiger charge is 2.31. The second-order valence-corrected chi connectivity index (χ2v) is 8.38. The Hall–Kier alpha value is -0.840. The number of hydrogen-bond acceptors (Lipinski definition) is 3. The number of aryl methyl sites for hydroxylation is 1. The van der Waals surface area contributed by atoms with Crippen molar-refractivity contribution < 1.29 is 5.11 Å². The summed E-state index contributed by atoms with van der Waals surface area (Å²) in [6, 6.07) is 8.40. The second-order valence-electron chi connectivity index (χ2n) is 5.83. The van der Waals surface area contributed by atoms with E-state index in [1.165, 1.54) is 19.8 Å². The average Bonchev–Trinajstić information content (AvgIpc) is 2.99. The van der Waals surface area contributed by atoms with E-state index in [-0.39, 0.29) is 6.04 Å². The standard InChI is InChI=1S/C17H20BrNOS/c1-10-3-5-14(20)17-13(9-11(2)16(10)17)19-8-7-12-4-6-15(18)21-12/h3-6,11,13,19-20H,7-9H2,1-2H3. The Kier molecular flexibility index (Phi) is 4.38. The van der Waals surface area contributed by atoms with Crippen LogP contribution in [0.25, 0.3) is 0 Å². The van der Waals surface area contributed by atoms with Crippen LogP contribution < -0.4 is 5.32 Å². The minimum Gasteiger partial charge on any atom is -0.508 e. The van der Waals surface area contributed by atoms with Crippen molar-refractivity contribution >= 4 is 27.3 Å². The molecule has 112 valence electrons. The van der Waals surface area contributed by atoms with E-state index in [1.807, 2.05) is 12.1 Å². The van der Waals surface area contributed by atoms with Crippen LogP contribution >= 0.6 is 27.3 Å². The predicted octanol–water partition coefficient (Wildman–Crippen LogP) is 4.91. The molecule has 1 aromatic heterocycles. The third-order valence-corrected chi connectivity index (χ3v) is 5.99. The lowest BCUT2D eigenvalue weighted by Gasteiger charge is -2.15. The Balaban J connectivity index is 1.70. The maximum absolute atomic E-state index is 10.2. The van der Waals surface area contributed by atoms with Gasteiger partial charge in [-0.1, -0.05) is 13.0 Å². The van der Waals surface area contributed by atoms with Crippen LogP contribution in [0.3, 0.4) is 0 Å². The molecule has 1 aliphatic carbocycles. The molecule has 3 rings (SSSR count). The molecule has 4 heteroatoms. The molecule has 0 radical (unpaired) electrons. The molecule has 0 saturated carbocycles. The summed E-state index contributed by atoms with van der Waals surface area (Å²) in [5, 5.41) is 13.8. The first-order valence-corrected chi connectivity index (χ1v) is 8.97. The quantitative estimate of drug-likeness (QED) is 0.806. The van der Waals surface area contributed by atoms with Crippen molar-refractivity contribution in [3.05, 3.63) is 49.6 Å². The third-order valence-electron chi connectivity index (χ3n) is 4.30. The molecule has 0 amide bonds. The number of phenols is 1. The van der Waals surface area contributed by atoms with E-state index < -0.39 is 0 Å². The Labute approximate surface area is 138 Å². The van der Waals surface area contributed by atoms with Crippen molar-refractivity contribution in [2.45, 2.75) is 38.6 Å². The summed E-state index contributed by atoms with van der Waals surface area (Å²) in [6.07, 6.45) is 2.10. The fourth-order valence-corrected chi connectivity index (χ4v) is 4.87. The van der Waals surface area contributed by atoms with E-state index in [2.05, 4.69) is 47.2 Å². The van der Waals surface area contributed by atoms with E-state index in [0.717, 1.165) is 24.9 Å². The maximum Gasteiger partial charge on any atom is 0.120 e. The van der Waals surface area contributed by atoms with Gasteiger partial charge in [0.25, 0.3) is 0 Å². The molecule has 2 aromatic rings. The van der Waals surface area contributed by atoms with Crippen LogP contribution in [-0.2, 0) is 6.42 Å². The molecule has 2 N–H and O–H groups in total. The number of fused-ring (bicyclic) bond motifs is 1. The molecule has 0 spiro atoms. The second kappa shape index (κ2) is 6.11. The predicted molar refractivity (Wildman–Crippen MR) is 92.3 cm³/mol. The zero-order valence-corrected chi connectivity index (χ0v) is 14.7. The van der Waals surface area contributed by atoms with Gasteiger partial charge in [0.1, 0.15) is 5.75 Å². The van der Waals surface area contributed by atoms with Gasteiger partial charge in [-0.2, -0.15) is 0 Å². The van der Waals surface area contributed by atoms with Gasteiger partial charge in [-0.3, -0.25) is 0 Å². The van der Waals surface area contributed by atoms with Gasteiger partial charge in [-0.05, 0) is 70.9 Å². The smallest absolute Gasteiger partial charge is 0.120 e. The van der Waals surface area contributed by atoms with Crippen LogP contribution in [0.2, 0.25) is 0 Å². The van der Waals surface area contributed by atoms with Crippen LogP contribution in [0.5, 0.6) is 5.75 Å². The summed E-state index contributed by atoms with van der Waals surface area (Å²) in [5.74, 6) is 0.955. The van der Waals surface area contributed by atoms with Gasteiger partial charge >= 0.3 is 0 Å².